The molecule has 0 heterocycles. The van der Waals surface area contributed by atoms with Gasteiger partial charge in [0.1, 0.15) is 4.90 Å². The van der Waals surface area contributed by atoms with Gasteiger partial charge < -0.3 is 20.7 Å². The first-order valence-electron chi connectivity index (χ1n) is 3.53. The third-order valence-corrected chi connectivity index (χ3v) is 2.53. The maximum absolute atomic E-state index is 11.2. The Morgan fingerprint density at radius 3 is 2.12 bits per heavy atom. The van der Waals surface area contributed by atoms with Crippen LogP contribution < -0.4 is 75.1 Å². The number of anilines is 1. The van der Waals surface area contributed by atoms with Crippen molar-refractivity contribution in [1.82, 2.24) is 0 Å². The van der Waals surface area contributed by atoms with E-state index in [0.29, 0.717) is 0 Å². The summed E-state index contributed by atoms with van der Waals surface area (Å²) in [6, 6.07) is 1.61. The molecule has 0 radical (unpaired) electrons. The molecule has 3 N–H and O–H groups in total. The Labute approximate surface area is 141 Å². The van der Waals surface area contributed by atoms with Crippen LogP contribution in [0, 0.1) is 0 Å². The van der Waals surface area contributed by atoms with Crippen molar-refractivity contribution in [2.24, 2.45) is 0 Å². The van der Waals surface area contributed by atoms with Gasteiger partial charge in [0.2, 0.25) is 0 Å². The van der Waals surface area contributed by atoms with Crippen LogP contribution in [0.25, 0.3) is 0 Å². The Balaban J connectivity index is 0. The minimum absolute atomic E-state index is 0. The molecule has 0 aliphatic carbocycles. The van der Waals surface area contributed by atoms with Crippen LogP contribution >= 0.6 is 0 Å². The first-order chi connectivity index (χ1) is 6.75. The number of nitrogens with two attached hydrogens (primary N) is 1. The maximum atomic E-state index is 11.2. The van der Waals surface area contributed by atoms with E-state index in [1.54, 1.807) is 0 Å². The van der Waals surface area contributed by atoms with Gasteiger partial charge in [-0.1, -0.05) is 5.75 Å². The predicted molar refractivity (Wildman–Crippen MR) is 44.4 cm³/mol. The summed E-state index contributed by atoms with van der Waals surface area (Å²) in [5, 5.41) is 21.7. The van der Waals surface area contributed by atoms with E-state index in [1.807, 2.05) is 0 Å². The average Bonchev–Trinajstić information content (AvgIpc) is 2.06. The Morgan fingerprint density at radius 2 is 1.76 bits per heavy atom. The van der Waals surface area contributed by atoms with Crippen molar-refractivity contribution in [3.8, 4) is 5.75 Å². The molecule has 0 atom stereocenters. The summed E-state index contributed by atoms with van der Waals surface area (Å²) in [4.78, 5) is 9.47. The fourth-order valence-corrected chi connectivity index (χ4v) is 1.66. The van der Waals surface area contributed by atoms with Gasteiger partial charge in [0.25, 0.3) is 10.1 Å². The molecule has 7 nitrogen and oxygen atoms in total. The number of carboxylic acids is 1. The quantitative estimate of drug-likeness (QED) is 0.310. The summed E-state index contributed by atoms with van der Waals surface area (Å²) in [5.41, 5.74) is 3.48. The molecule has 0 spiro atoms. The molecule has 0 aliphatic rings. The zero-order chi connectivity index (χ0) is 11.8. The van der Waals surface area contributed by atoms with Crippen molar-refractivity contribution < 1.29 is 87.1 Å². The predicted octanol–water partition coefficient (Wildman–Crippen LogP) is -8.04. The van der Waals surface area contributed by atoms with Gasteiger partial charge in [-0.15, -0.1) is 0 Å². The fourth-order valence-electron chi connectivity index (χ4n) is 0.989. The molecule has 0 unspecified atom stereocenters. The van der Waals surface area contributed by atoms with E-state index in [1.165, 1.54) is 0 Å². The number of carbonyl (C=O) groups excluding carboxylic acids is 1. The van der Waals surface area contributed by atoms with Gasteiger partial charge in [-0.25, -0.2) is 0 Å². The van der Waals surface area contributed by atoms with E-state index in [4.69, 9.17) is 10.3 Å². The number of hydrogen-bond acceptors (Lipinski definition) is 6. The number of carboxylic acid groups (broad SMARTS) is 1. The second-order valence-electron chi connectivity index (χ2n) is 2.62. The second-order valence-corrected chi connectivity index (χ2v) is 4.01. The minimum Gasteiger partial charge on any atom is -0.871 e. The van der Waals surface area contributed by atoms with Gasteiger partial charge in [-0.05, 0) is 12.1 Å². The van der Waals surface area contributed by atoms with Gasteiger partial charge in [0.05, 0.1) is 5.97 Å². The number of carbonyl (C=O) groups is 1. The second kappa shape index (κ2) is 6.95. The van der Waals surface area contributed by atoms with E-state index >= 15 is 0 Å². The summed E-state index contributed by atoms with van der Waals surface area (Å²) in [5.74, 6) is -3.22. The van der Waals surface area contributed by atoms with Gasteiger partial charge in [0.15, 0.2) is 0 Å². The number of hydrogen-bond donors (Lipinski definition) is 2. The van der Waals surface area contributed by atoms with Gasteiger partial charge >= 0.3 is 59.1 Å². The largest absolute Gasteiger partial charge is 1.00 e. The van der Waals surface area contributed by atoms with Crippen LogP contribution in [-0.4, -0.2) is 18.9 Å². The zero-order valence-electron chi connectivity index (χ0n) is 9.13. The third-order valence-electron chi connectivity index (χ3n) is 1.63. The first-order valence-corrected chi connectivity index (χ1v) is 4.97. The van der Waals surface area contributed by atoms with Crippen LogP contribution in [0.1, 0.15) is 10.4 Å². The molecule has 1 aromatic rings. The van der Waals surface area contributed by atoms with E-state index in [2.05, 4.69) is 0 Å². The molecule has 1 aromatic carbocycles. The minimum atomic E-state index is -4.79. The number of nitrogen functional groups attached to an aromatic ring is 1. The molecule has 0 amide bonds. The molecule has 0 aromatic heterocycles. The van der Waals surface area contributed by atoms with Gasteiger partial charge in [-0.3, -0.25) is 4.55 Å². The van der Waals surface area contributed by atoms with Gasteiger partial charge in [-0.2, -0.15) is 8.42 Å². The van der Waals surface area contributed by atoms with Crippen LogP contribution in [0.4, 0.5) is 5.69 Å². The average molecular weight is 277 g/mol. The molecule has 0 aliphatic heterocycles. The molecule has 0 bridgehead atoms. The van der Waals surface area contributed by atoms with E-state index in [-0.39, 0.29) is 59.1 Å². The van der Waals surface area contributed by atoms with Crippen LogP contribution in [0.15, 0.2) is 17.0 Å². The van der Waals surface area contributed by atoms with Crippen LogP contribution in [0.5, 0.6) is 5.75 Å². The normalized spacial score (nSPS) is 9.94. The molecule has 1 rings (SSSR count). The van der Waals surface area contributed by atoms with E-state index in [0.717, 1.165) is 12.1 Å². The summed E-state index contributed by atoms with van der Waals surface area (Å²) in [7, 11) is -4.79. The van der Waals surface area contributed by atoms with Crippen LogP contribution in [0.3, 0.4) is 0 Å². The van der Waals surface area contributed by atoms with Crippen LogP contribution in [-0.2, 0) is 10.1 Å². The first kappa shape index (κ1) is 19.5. The summed E-state index contributed by atoms with van der Waals surface area (Å²) < 4.78 is 30.0. The van der Waals surface area contributed by atoms with Crippen molar-refractivity contribution >= 4 is 21.8 Å². The smallest absolute Gasteiger partial charge is 0.871 e. The van der Waals surface area contributed by atoms with Crippen molar-refractivity contribution in [2.75, 3.05) is 5.73 Å². The molecular formula is C7H5NNa2O6S. The molecule has 0 saturated heterocycles. The molecule has 0 saturated carbocycles. The number of benzene rings is 1. The molecule has 10 heteroatoms. The van der Waals surface area contributed by atoms with Crippen molar-refractivity contribution in [3.05, 3.63) is 17.7 Å². The summed E-state index contributed by atoms with van der Waals surface area (Å²) in [6.45, 7) is 0. The Kier molecular flexibility index (Phi) is 7.99. The Bertz CT molecular complexity index is 529. The third kappa shape index (κ3) is 4.42. The van der Waals surface area contributed by atoms with Crippen molar-refractivity contribution in [2.45, 2.75) is 4.90 Å². The summed E-state index contributed by atoms with van der Waals surface area (Å²) >= 11 is 0. The number of aromatic carboxylic acids is 1. The zero-order valence-corrected chi connectivity index (χ0v) is 13.9. The SMILES string of the molecule is Nc1ccc(S(=O)(=O)O)c(C(=O)[O-])c1[O-].[Na+].[Na+]. The fraction of sp³-hybridized carbons (Fsp3) is 0. The Morgan fingerprint density at radius 1 is 1.29 bits per heavy atom. The van der Waals surface area contributed by atoms with Crippen LogP contribution in [0.2, 0.25) is 0 Å². The van der Waals surface area contributed by atoms with E-state index in [9.17, 15) is 23.4 Å². The standard InChI is InChI=1S/C7H7NO6S.2Na/c8-3-1-2-4(15(12,13)14)5(6(3)9)7(10)11;;/h1-2,9H,8H2,(H,10,11)(H,12,13,14);;/q;2*+1/p-2. The maximum Gasteiger partial charge on any atom is 1.00 e. The molecule has 82 valence electrons. The van der Waals surface area contributed by atoms with Gasteiger partial charge in [0, 0.05) is 11.3 Å². The molecule has 0 fully saturated rings. The Hall–Kier alpha value is 0.200. The molecular weight excluding hydrogens is 272 g/mol. The monoisotopic (exact) mass is 277 g/mol. The molecule has 17 heavy (non-hydrogen) atoms. The van der Waals surface area contributed by atoms with Crippen molar-refractivity contribution in [3.63, 3.8) is 0 Å². The number of rotatable bonds is 2. The topological polar surface area (TPSA) is 144 Å². The van der Waals surface area contributed by atoms with Crippen molar-refractivity contribution in [1.29, 1.82) is 0 Å². The van der Waals surface area contributed by atoms with E-state index < -0.39 is 38.0 Å². The summed E-state index contributed by atoms with van der Waals surface area (Å²) in [6.07, 6.45) is 0.